The second kappa shape index (κ2) is 5.67. The molecule has 0 fully saturated rings. The lowest BCUT2D eigenvalue weighted by Gasteiger charge is -2.12. The smallest absolute Gasteiger partial charge is 0.275 e. The van der Waals surface area contributed by atoms with Gasteiger partial charge in [-0.1, -0.05) is 11.6 Å². The van der Waals surface area contributed by atoms with E-state index in [2.05, 4.69) is 15.3 Å². The van der Waals surface area contributed by atoms with Crippen LogP contribution in [0, 0.1) is 6.92 Å². The molecule has 0 aliphatic rings. The third-order valence-electron chi connectivity index (χ3n) is 2.49. The number of anilines is 1. The van der Waals surface area contributed by atoms with E-state index in [4.69, 9.17) is 16.3 Å². The zero-order chi connectivity index (χ0) is 13.8. The second-order valence-electron chi connectivity index (χ2n) is 3.85. The first kappa shape index (κ1) is 13.3. The lowest BCUT2D eigenvalue weighted by atomic mass is 10.2. The zero-order valence-corrected chi connectivity index (χ0v) is 11.2. The van der Waals surface area contributed by atoms with Gasteiger partial charge in [0.25, 0.3) is 5.91 Å². The molecule has 2 aromatic rings. The standard InChI is InChI=1S/C13H12ClN3O2/c1-8-5-9(14)6-10(12(8)19-2)17-13(18)11-7-15-3-4-16-11/h3-7H,1-2H3,(H,17,18). The van der Waals surface area contributed by atoms with Gasteiger partial charge in [0.05, 0.1) is 19.0 Å². The summed E-state index contributed by atoms with van der Waals surface area (Å²) in [4.78, 5) is 19.8. The molecule has 6 heteroatoms. The van der Waals surface area contributed by atoms with E-state index in [9.17, 15) is 4.79 Å². The van der Waals surface area contributed by atoms with E-state index >= 15 is 0 Å². The first-order chi connectivity index (χ1) is 9.11. The SMILES string of the molecule is COc1c(C)cc(Cl)cc1NC(=O)c1cnccn1. The Balaban J connectivity index is 2.31. The maximum atomic E-state index is 12.0. The minimum absolute atomic E-state index is 0.224. The third kappa shape index (κ3) is 3.00. The lowest BCUT2D eigenvalue weighted by Crippen LogP contribution is -2.14. The number of nitrogens with one attached hydrogen (secondary N) is 1. The number of halogens is 1. The molecule has 1 heterocycles. The number of methoxy groups -OCH3 is 1. The van der Waals surface area contributed by atoms with Gasteiger partial charge in [-0.3, -0.25) is 9.78 Å². The highest BCUT2D eigenvalue weighted by molar-refractivity contribution is 6.31. The van der Waals surface area contributed by atoms with Crippen molar-refractivity contribution >= 4 is 23.2 Å². The molecule has 0 aliphatic carbocycles. The summed E-state index contributed by atoms with van der Waals surface area (Å²) in [7, 11) is 1.54. The van der Waals surface area contributed by atoms with Crippen LogP contribution in [0.2, 0.25) is 5.02 Å². The average molecular weight is 278 g/mol. The Morgan fingerprint density at radius 3 is 2.79 bits per heavy atom. The van der Waals surface area contributed by atoms with Crippen LogP contribution in [0.25, 0.3) is 0 Å². The number of hydrogen-bond donors (Lipinski definition) is 1. The lowest BCUT2D eigenvalue weighted by molar-refractivity contribution is 0.102. The predicted octanol–water partition coefficient (Wildman–Crippen LogP) is 2.70. The van der Waals surface area contributed by atoms with Crippen molar-refractivity contribution in [2.75, 3.05) is 12.4 Å². The molecule has 1 N–H and O–H groups in total. The number of aromatic nitrogens is 2. The summed E-state index contributed by atoms with van der Waals surface area (Å²) in [5, 5.41) is 3.23. The number of aryl methyl sites for hydroxylation is 1. The van der Waals surface area contributed by atoms with Crippen molar-refractivity contribution in [3.05, 3.63) is 47.0 Å². The molecule has 0 aliphatic heterocycles. The highest BCUT2D eigenvalue weighted by Gasteiger charge is 2.13. The van der Waals surface area contributed by atoms with Crippen molar-refractivity contribution < 1.29 is 9.53 Å². The third-order valence-corrected chi connectivity index (χ3v) is 2.71. The van der Waals surface area contributed by atoms with Gasteiger partial charge in [0.15, 0.2) is 0 Å². The van der Waals surface area contributed by atoms with Crippen LogP contribution < -0.4 is 10.1 Å². The molecule has 98 valence electrons. The molecular weight excluding hydrogens is 266 g/mol. The molecule has 0 spiro atoms. The maximum absolute atomic E-state index is 12.0. The van der Waals surface area contributed by atoms with Crippen LogP contribution in [0.5, 0.6) is 5.75 Å². The van der Waals surface area contributed by atoms with Crippen LogP contribution in [-0.4, -0.2) is 23.0 Å². The van der Waals surface area contributed by atoms with E-state index in [0.717, 1.165) is 5.56 Å². The molecule has 2 rings (SSSR count). The number of ether oxygens (including phenoxy) is 1. The Bertz CT molecular complexity index is 602. The summed E-state index contributed by atoms with van der Waals surface area (Å²) in [5.74, 6) is 0.203. The van der Waals surface area contributed by atoms with Crippen LogP contribution in [-0.2, 0) is 0 Å². The molecular formula is C13H12ClN3O2. The topological polar surface area (TPSA) is 64.1 Å². The van der Waals surface area contributed by atoms with E-state index in [1.54, 1.807) is 12.1 Å². The van der Waals surface area contributed by atoms with Gasteiger partial charge < -0.3 is 10.1 Å². The van der Waals surface area contributed by atoms with E-state index < -0.39 is 0 Å². The summed E-state index contributed by atoms with van der Waals surface area (Å²) in [5.41, 5.74) is 1.56. The molecule has 0 atom stereocenters. The van der Waals surface area contributed by atoms with Crippen LogP contribution in [0.3, 0.4) is 0 Å². The van der Waals surface area contributed by atoms with Crippen molar-refractivity contribution in [1.29, 1.82) is 0 Å². The molecule has 0 radical (unpaired) electrons. The van der Waals surface area contributed by atoms with Crippen LogP contribution >= 0.6 is 11.6 Å². The molecule has 5 nitrogen and oxygen atoms in total. The molecule has 0 saturated heterocycles. The van der Waals surface area contributed by atoms with Gasteiger partial charge in [-0.15, -0.1) is 0 Å². The van der Waals surface area contributed by atoms with Gasteiger partial charge in [0.1, 0.15) is 11.4 Å². The van der Waals surface area contributed by atoms with Crippen LogP contribution in [0.1, 0.15) is 16.1 Å². The minimum Gasteiger partial charge on any atom is -0.494 e. The monoisotopic (exact) mass is 277 g/mol. The molecule has 0 bridgehead atoms. The fourth-order valence-electron chi connectivity index (χ4n) is 1.70. The summed E-state index contributed by atoms with van der Waals surface area (Å²) in [6.45, 7) is 1.85. The zero-order valence-electron chi connectivity index (χ0n) is 10.5. The Morgan fingerprint density at radius 2 is 2.16 bits per heavy atom. The molecule has 0 saturated carbocycles. The number of carbonyl (C=O) groups is 1. The van der Waals surface area contributed by atoms with E-state index in [1.165, 1.54) is 25.7 Å². The molecule has 1 aromatic carbocycles. The molecule has 19 heavy (non-hydrogen) atoms. The van der Waals surface area contributed by atoms with Gasteiger partial charge in [0.2, 0.25) is 0 Å². The Morgan fingerprint density at radius 1 is 1.37 bits per heavy atom. The summed E-state index contributed by atoms with van der Waals surface area (Å²) in [6, 6.07) is 3.39. The number of amides is 1. The minimum atomic E-state index is -0.368. The largest absolute Gasteiger partial charge is 0.494 e. The summed E-state index contributed by atoms with van der Waals surface area (Å²) in [6.07, 6.45) is 4.34. The van der Waals surface area contributed by atoms with Gasteiger partial charge in [-0.05, 0) is 24.6 Å². The fourth-order valence-corrected chi connectivity index (χ4v) is 1.97. The highest BCUT2D eigenvalue weighted by Crippen LogP contribution is 2.32. The average Bonchev–Trinajstić information content (AvgIpc) is 2.39. The first-order valence-electron chi connectivity index (χ1n) is 5.53. The second-order valence-corrected chi connectivity index (χ2v) is 4.28. The molecule has 1 amide bonds. The van der Waals surface area contributed by atoms with Crippen molar-refractivity contribution in [2.45, 2.75) is 6.92 Å². The number of benzene rings is 1. The highest BCUT2D eigenvalue weighted by atomic mass is 35.5. The van der Waals surface area contributed by atoms with Gasteiger partial charge >= 0.3 is 0 Å². The number of rotatable bonds is 3. The van der Waals surface area contributed by atoms with E-state index in [0.29, 0.717) is 16.5 Å². The van der Waals surface area contributed by atoms with Crippen molar-refractivity contribution in [3.8, 4) is 5.75 Å². The normalized spacial score (nSPS) is 10.1. The van der Waals surface area contributed by atoms with Crippen LogP contribution in [0.4, 0.5) is 5.69 Å². The maximum Gasteiger partial charge on any atom is 0.275 e. The quantitative estimate of drug-likeness (QED) is 0.937. The Kier molecular flexibility index (Phi) is 3.97. The van der Waals surface area contributed by atoms with E-state index in [-0.39, 0.29) is 11.6 Å². The Labute approximate surface area is 115 Å². The molecule has 0 unspecified atom stereocenters. The number of hydrogen-bond acceptors (Lipinski definition) is 4. The van der Waals surface area contributed by atoms with Crippen molar-refractivity contribution in [1.82, 2.24) is 9.97 Å². The number of nitrogens with zero attached hydrogens (tertiary/aromatic N) is 2. The van der Waals surface area contributed by atoms with Crippen molar-refractivity contribution in [3.63, 3.8) is 0 Å². The first-order valence-corrected chi connectivity index (χ1v) is 5.91. The predicted molar refractivity (Wildman–Crippen MR) is 72.7 cm³/mol. The fraction of sp³-hybridized carbons (Fsp3) is 0.154. The molecule has 1 aromatic heterocycles. The van der Waals surface area contributed by atoms with Crippen LogP contribution in [0.15, 0.2) is 30.7 Å². The number of carbonyl (C=O) groups excluding carboxylic acids is 1. The van der Waals surface area contributed by atoms with Gasteiger partial charge in [-0.2, -0.15) is 0 Å². The van der Waals surface area contributed by atoms with Gasteiger partial charge in [-0.25, -0.2) is 4.98 Å². The summed E-state index contributed by atoms with van der Waals surface area (Å²) < 4.78 is 5.26. The van der Waals surface area contributed by atoms with Crippen molar-refractivity contribution in [2.24, 2.45) is 0 Å². The summed E-state index contributed by atoms with van der Waals surface area (Å²) >= 11 is 5.97. The Hall–Kier alpha value is -2.14. The van der Waals surface area contributed by atoms with Gasteiger partial charge in [0, 0.05) is 17.4 Å². The van der Waals surface area contributed by atoms with E-state index in [1.807, 2.05) is 6.92 Å².